The topological polar surface area (TPSA) is 65.5 Å². The molecule has 5 nitrogen and oxygen atoms in total. The molecule has 6 heteroatoms. The molecule has 0 spiro atoms. The van der Waals surface area contributed by atoms with E-state index in [0.717, 1.165) is 0 Å². The van der Waals surface area contributed by atoms with Crippen LogP contribution >= 0.6 is 0 Å². The standard InChI is InChI=1S/C14H17FN4O/c1-3-9-17-14(16-4-2)18-10-13(20)19-12-7-5-11(15)6-8-12/h1,5-8H,4,9-10H2,2H3,(H,19,20)(H2,16,17,18). The minimum Gasteiger partial charge on any atom is -0.357 e. The SMILES string of the molecule is C#CCNC(=NCC(=O)Nc1ccc(F)cc1)NCC. The molecule has 0 saturated heterocycles. The van der Waals surface area contributed by atoms with Crippen LogP contribution in [0.15, 0.2) is 29.3 Å². The number of guanidine groups is 1. The highest BCUT2D eigenvalue weighted by molar-refractivity contribution is 5.94. The van der Waals surface area contributed by atoms with E-state index in [4.69, 9.17) is 6.42 Å². The maximum atomic E-state index is 12.7. The molecular weight excluding hydrogens is 259 g/mol. The molecule has 0 atom stereocenters. The molecule has 1 amide bonds. The van der Waals surface area contributed by atoms with Gasteiger partial charge < -0.3 is 16.0 Å². The van der Waals surface area contributed by atoms with E-state index < -0.39 is 0 Å². The number of nitrogens with one attached hydrogen (secondary N) is 3. The number of carbonyl (C=O) groups excluding carboxylic acids is 1. The number of amides is 1. The summed E-state index contributed by atoms with van der Waals surface area (Å²) in [6.45, 7) is 2.84. The number of terminal acetylenes is 1. The monoisotopic (exact) mass is 276 g/mol. The number of rotatable bonds is 5. The third kappa shape index (κ3) is 5.87. The number of halogens is 1. The second-order valence-electron chi connectivity index (χ2n) is 3.81. The number of hydrogen-bond acceptors (Lipinski definition) is 2. The summed E-state index contributed by atoms with van der Waals surface area (Å²) in [7, 11) is 0. The van der Waals surface area contributed by atoms with Crippen LogP contribution in [0.1, 0.15) is 6.92 Å². The molecule has 1 aromatic carbocycles. The van der Waals surface area contributed by atoms with E-state index in [9.17, 15) is 9.18 Å². The third-order valence-electron chi connectivity index (χ3n) is 2.21. The predicted octanol–water partition coefficient (Wildman–Crippen LogP) is 0.952. The van der Waals surface area contributed by atoms with E-state index in [0.29, 0.717) is 24.7 Å². The Kier molecular flexibility index (Phi) is 6.62. The first-order valence-corrected chi connectivity index (χ1v) is 6.16. The maximum Gasteiger partial charge on any atom is 0.246 e. The molecule has 0 aromatic heterocycles. The summed E-state index contributed by atoms with van der Waals surface area (Å²) in [4.78, 5) is 15.7. The average molecular weight is 276 g/mol. The molecule has 0 aliphatic heterocycles. The van der Waals surface area contributed by atoms with E-state index in [1.54, 1.807) is 0 Å². The highest BCUT2D eigenvalue weighted by Crippen LogP contribution is 2.07. The third-order valence-corrected chi connectivity index (χ3v) is 2.21. The quantitative estimate of drug-likeness (QED) is 0.426. The molecule has 106 valence electrons. The zero-order valence-electron chi connectivity index (χ0n) is 11.2. The van der Waals surface area contributed by atoms with Crippen LogP contribution in [-0.2, 0) is 4.79 Å². The van der Waals surface area contributed by atoms with Crippen LogP contribution in [-0.4, -0.2) is 31.5 Å². The fourth-order valence-electron chi connectivity index (χ4n) is 1.36. The van der Waals surface area contributed by atoms with E-state index in [1.165, 1.54) is 24.3 Å². The second-order valence-corrected chi connectivity index (χ2v) is 3.81. The molecule has 0 fully saturated rings. The summed E-state index contributed by atoms with van der Waals surface area (Å²) in [6, 6.07) is 5.52. The van der Waals surface area contributed by atoms with Gasteiger partial charge in [0.2, 0.25) is 5.91 Å². The van der Waals surface area contributed by atoms with Crippen molar-refractivity contribution in [2.45, 2.75) is 6.92 Å². The Morgan fingerprint density at radius 2 is 2.05 bits per heavy atom. The van der Waals surface area contributed by atoms with Gasteiger partial charge in [-0.15, -0.1) is 6.42 Å². The van der Waals surface area contributed by atoms with Gasteiger partial charge in [-0.25, -0.2) is 9.38 Å². The zero-order chi connectivity index (χ0) is 14.8. The Balaban J connectivity index is 2.51. The molecule has 20 heavy (non-hydrogen) atoms. The number of hydrogen-bond donors (Lipinski definition) is 3. The van der Waals surface area contributed by atoms with E-state index in [2.05, 4.69) is 26.9 Å². The van der Waals surface area contributed by atoms with Crippen molar-refractivity contribution >= 4 is 17.6 Å². The maximum absolute atomic E-state index is 12.7. The van der Waals surface area contributed by atoms with Crippen molar-refractivity contribution in [1.29, 1.82) is 0 Å². The molecule has 3 N–H and O–H groups in total. The highest BCUT2D eigenvalue weighted by Gasteiger charge is 2.02. The molecule has 0 radical (unpaired) electrons. The molecule has 0 unspecified atom stereocenters. The lowest BCUT2D eigenvalue weighted by Gasteiger charge is -2.09. The summed E-state index contributed by atoms with van der Waals surface area (Å²) in [5.74, 6) is 2.24. The van der Waals surface area contributed by atoms with Gasteiger partial charge in [-0.1, -0.05) is 5.92 Å². The van der Waals surface area contributed by atoms with Gasteiger partial charge in [-0.05, 0) is 31.2 Å². The molecule has 0 saturated carbocycles. The Bertz CT molecular complexity index is 505. The minimum atomic E-state index is -0.353. The summed E-state index contributed by atoms with van der Waals surface area (Å²) in [6.07, 6.45) is 5.14. The van der Waals surface area contributed by atoms with Crippen LogP contribution in [0.3, 0.4) is 0 Å². The van der Waals surface area contributed by atoms with Crippen molar-refractivity contribution < 1.29 is 9.18 Å². The summed E-state index contributed by atoms with van der Waals surface area (Å²) in [5, 5.41) is 8.44. The first-order chi connectivity index (χ1) is 9.65. The van der Waals surface area contributed by atoms with E-state index >= 15 is 0 Å². The number of aliphatic imine (C=N–C) groups is 1. The fourth-order valence-corrected chi connectivity index (χ4v) is 1.36. The van der Waals surface area contributed by atoms with Gasteiger partial charge in [0.15, 0.2) is 5.96 Å². The van der Waals surface area contributed by atoms with Crippen LogP contribution in [0.4, 0.5) is 10.1 Å². The van der Waals surface area contributed by atoms with Gasteiger partial charge in [0.05, 0.1) is 6.54 Å². The van der Waals surface area contributed by atoms with Gasteiger partial charge in [0.1, 0.15) is 12.4 Å². The van der Waals surface area contributed by atoms with Crippen LogP contribution in [0, 0.1) is 18.2 Å². The average Bonchev–Trinajstić information content (AvgIpc) is 2.44. The first-order valence-electron chi connectivity index (χ1n) is 6.16. The van der Waals surface area contributed by atoms with Crippen LogP contribution in [0.2, 0.25) is 0 Å². The lowest BCUT2D eigenvalue weighted by molar-refractivity contribution is -0.114. The van der Waals surface area contributed by atoms with Gasteiger partial charge in [0.25, 0.3) is 0 Å². The van der Waals surface area contributed by atoms with Gasteiger partial charge in [-0.2, -0.15) is 0 Å². The Labute approximate surface area is 117 Å². The lowest BCUT2D eigenvalue weighted by Crippen LogP contribution is -2.38. The minimum absolute atomic E-state index is 0.0583. The Morgan fingerprint density at radius 3 is 2.65 bits per heavy atom. The summed E-state index contributed by atoms with van der Waals surface area (Å²) in [5.41, 5.74) is 0.521. The predicted molar refractivity (Wildman–Crippen MR) is 77.8 cm³/mol. The van der Waals surface area contributed by atoms with Crippen LogP contribution in [0.25, 0.3) is 0 Å². The fraction of sp³-hybridized carbons (Fsp3) is 0.286. The largest absolute Gasteiger partial charge is 0.357 e. The van der Waals surface area contributed by atoms with Crippen molar-refractivity contribution in [2.75, 3.05) is 25.0 Å². The number of nitrogens with zero attached hydrogens (tertiary/aromatic N) is 1. The Morgan fingerprint density at radius 1 is 1.35 bits per heavy atom. The van der Waals surface area contributed by atoms with Gasteiger partial charge >= 0.3 is 0 Å². The second kappa shape index (κ2) is 8.53. The number of carbonyl (C=O) groups is 1. The van der Waals surface area contributed by atoms with E-state index in [1.807, 2.05) is 6.92 Å². The van der Waals surface area contributed by atoms with Crippen molar-refractivity contribution in [3.05, 3.63) is 30.1 Å². The lowest BCUT2D eigenvalue weighted by atomic mass is 10.3. The highest BCUT2D eigenvalue weighted by atomic mass is 19.1. The number of anilines is 1. The smallest absolute Gasteiger partial charge is 0.246 e. The molecule has 0 heterocycles. The molecular formula is C14H17FN4O. The van der Waals surface area contributed by atoms with Crippen molar-refractivity contribution in [2.24, 2.45) is 4.99 Å². The van der Waals surface area contributed by atoms with E-state index in [-0.39, 0.29) is 18.3 Å². The van der Waals surface area contributed by atoms with Gasteiger partial charge in [0, 0.05) is 12.2 Å². The summed E-state index contributed by atoms with van der Waals surface area (Å²) >= 11 is 0. The first kappa shape index (κ1) is 15.5. The summed E-state index contributed by atoms with van der Waals surface area (Å²) < 4.78 is 12.7. The van der Waals surface area contributed by atoms with Crippen LogP contribution in [0.5, 0.6) is 0 Å². The molecule has 0 aliphatic rings. The zero-order valence-corrected chi connectivity index (χ0v) is 11.2. The molecule has 1 rings (SSSR count). The molecule has 1 aromatic rings. The van der Waals surface area contributed by atoms with Crippen molar-refractivity contribution in [1.82, 2.24) is 10.6 Å². The normalized spacial score (nSPS) is 10.6. The van der Waals surface area contributed by atoms with Crippen LogP contribution < -0.4 is 16.0 Å². The van der Waals surface area contributed by atoms with Crippen molar-refractivity contribution in [3.63, 3.8) is 0 Å². The Hall–Kier alpha value is -2.55. The number of benzene rings is 1. The van der Waals surface area contributed by atoms with Gasteiger partial charge in [-0.3, -0.25) is 4.79 Å². The molecule has 0 aliphatic carbocycles. The van der Waals surface area contributed by atoms with Crippen molar-refractivity contribution in [3.8, 4) is 12.3 Å². The molecule has 0 bridgehead atoms.